The zero-order chi connectivity index (χ0) is 11.0. The van der Waals surface area contributed by atoms with E-state index in [1.165, 1.54) is 0 Å². The van der Waals surface area contributed by atoms with E-state index in [9.17, 15) is 0 Å². The van der Waals surface area contributed by atoms with Gasteiger partial charge in [-0.2, -0.15) is 0 Å². The average molecular weight is 397 g/mol. The van der Waals surface area contributed by atoms with E-state index in [2.05, 4.69) is 52.9 Å². The molecule has 0 radical (unpaired) electrons. The van der Waals surface area contributed by atoms with Crippen LogP contribution in [0.25, 0.3) is 11.3 Å². The average Bonchev–Trinajstić information content (AvgIpc) is 2.52. The topological polar surface area (TPSA) is 52.0 Å². The van der Waals surface area contributed by atoms with E-state index >= 15 is 0 Å². The molecule has 0 bridgehead atoms. The van der Waals surface area contributed by atoms with E-state index in [1.807, 2.05) is 18.2 Å². The van der Waals surface area contributed by atoms with Gasteiger partial charge in [0.1, 0.15) is 4.47 Å². The lowest BCUT2D eigenvalue weighted by Crippen LogP contribution is -1.83. The highest BCUT2D eigenvalue weighted by Crippen LogP contribution is 2.37. The van der Waals surface area contributed by atoms with Crippen molar-refractivity contribution in [3.63, 3.8) is 0 Å². The smallest absolute Gasteiger partial charge is 0.184 e. The second-order valence-corrected chi connectivity index (χ2v) is 5.40. The molecule has 0 aliphatic carbocycles. The van der Waals surface area contributed by atoms with Gasteiger partial charge in [0.25, 0.3) is 0 Å². The van der Waals surface area contributed by atoms with E-state index < -0.39 is 0 Å². The predicted molar refractivity (Wildman–Crippen MR) is 69.5 cm³/mol. The van der Waals surface area contributed by atoms with Crippen molar-refractivity contribution in [2.75, 3.05) is 5.73 Å². The van der Waals surface area contributed by atoms with E-state index in [-0.39, 0.29) is 0 Å². The Morgan fingerprint density at radius 2 is 1.93 bits per heavy atom. The molecule has 0 saturated heterocycles. The van der Waals surface area contributed by atoms with Crippen molar-refractivity contribution in [2.45, 2.75) is 0 Å². The Morgan fingerprint density at radius 3 is 2.53 bits per heavy atom. The summed E-state index contributed by atoms with van der Waals surface area (Å²) in [5, 5.41) is 3.68. The Labute approximate surface area is 111 Å². The van der Waals surface area contributed by atoms with Crippen LogP contribution >= 0.6 is 47.8 Å². The first kappa shape index (κ1) is 11.2. The maximum atomic E-state index is 5.59. The van der Waals surface area contributed by atoms with Crippen LogP contribution in [-0.2, 0) is 0 Å². The summed E-state index contributed by atoms with van der Waals surface area (Å²) in [7, 11) is 0. The maximum Gasteiger partial charge on any atom is 0.184 e. The van der Waals surface area contributed by atoms with Crippen LogP contribution in [-0.4, -0.2) is 5.16 Å². The Morgan fingerprint density at radius 1 is 1.20 bits per heavy atom. The minimum atomic E-state index is 0.344. The van der Waals surface area contributed by atoms with Gasteiger partial charge in [0, 0.05) is 14.5 Å². The second kappa shape index (κ2) is 4.27. The van der Waals surface area contributed by atoms with Gasteiger partial charge in [0.15, 0.2) is 11.6 Å². The summed E-state index contributed by atoms with van der Waals surface area (Å²) < 4.78 is 7.69. The van der Waals surface area contributed by atoms with Gasteiger partial charge in [0.05, 0.1) is 0 Å². The number of nitrogens with two attached hydrogens (primary N) is 1. The van der Waals surface area contributed by atoms with Gasteiger partial charge in [-0.3, -0.25) is 0 Å². The van der Waals surface area contributed by atoms with Gasteiger partial charge in [-0.05, 0) is 34.1 Å². The minimum absolute atomic E-state index is 0.344. The monoisotopic (exact) mass is 394 g/mol. The number of aromatic nitrogens is 1. The quantitative estimate of drug-likeness (QED) is 0.785. The molecule has 1 heterocycles. The molecule has 0 unspecified atom stereocenters. The van der Waals surface area contributed by atoms with Crippen LogP contribution in [0.5, 0.6) is 0 Å². The fraction of sp³-hybridized carbons (Fsp3) is 0. The summed E-state index contributed by atoms with van der Waals surface area (Å²) >= 11 is 10.2. The number of anilines is 1. The summed E-state index contributed by atoms with van der Waals surface area (Å²) in [6.07, 6.45) is 0. The Bertz CT molecular complexity index is 510. The fourth-order valence-corrected chi connectivity index (χ4v) is 2.28. The number of halogens is 3. The van der Waals surface area contributed by atoms with Crippen molar-refractivity contribution in [1.82, 2.24) is 5.16 Å². The molecule has 2 aromatic rings. The number of benzene rings is 1. The minimum Gasteiger partial charge on any atom is -0.380 e. The van der Waals surface area contributed by atoms with Crippen molar-refractivity contribution in [1.29, 1.82) is 0 Å². The maximum absolute atomic E-state index is 5.59. The number of nitrogens with zero attached hydrogens (tertiary/aromatic N) is 1. The summed E-state index contributed by atoms with van der Waals surface area (Å²) in [5.41, 5.74) is 6.48. The normalized spacial score (nSPS) is 10.6. The van der Waals surface area contributed by atoms with Crippen LogP contribution in [0.15, 0.2) is 36.1 Å². The van der Waals surface area contributed by atoms with Gasteiger partial charge < -0.3 is 10.3 Å². The Hall–Kier alpha value is -0.330. The van der Waals surface area contributed by atoms with Crippen LogP contribution in [0, 0.1) is 0 Å². The number of rotatable bonds is 1. The molecular weight excluding hydrogens is 392 g/mol. The fourth-order valence-electron chi connectivity index (χ4n) is 1.13. The lowest BCUT2D eigenvalue weighted by Gasteiger charge is -2.01. The molecule has 3 nitrogen and oxygen atoms in total. The highest BCUT2D eigenvalue weighted by atomic mass is 79.9. The van der Waals surface area contributed by atoms with E-state index in [1.54, 1.807) is 0 Å². The molecule has 0 aliphatic rings. The van der Waals surface area contributed by atoms with Crippen LogP contribution in [0.4, 0.5) is 5.82 Å². The van der Waals surface area contributed by atoms with Crippen LogP contribution in [0.2, 0.25) is 0 Å². The molecule has 0 aliphatic heterocycles. The number of hydrogen-bond acceptors (Lipinski definition) is 3. The molecule has 0 spiro atoms. The molecule has 78 valence electrons. The van der Waals surface area contributed by atoms with Gasteiger partial charge in [-0.1, -0.05) is 37.0 Å². The standard InChI is InChI=1S/C9H5Br3N2O/c10-4-1-2-6(11)5(3-4)8-7(12)9(13)14-15-8/h1-3H,(H2,13,14). The van der Waals surface area contributed by atoms with Gasteiger partial charge >= 0.3 is 0 Å². The summed E-state index contributed by atoms with van der Waals surface area (Å²) in [6.45, 7) is 0. The van der Waals surface area contributed by atoms with Crippen LogP contribution in [0.1, 0.15) is 0 Å². The Balaban J connectivity index is 2.63. The van der Waals surface area contributed by atoms with Crippen molar-refractivity contribution in [3.8, 4) is 11.3 Å². The third-order valence-corrected chi connectivity index (χ3v) is 3.78. The third-order valence-electron chi connectivity index (χ3n) is 1.83. The summed E-state index contributed by atoms with van der Waals surface area (Å²) in [4.78, 5) is 0. The van der Waals surface area contributed by atoms with Crippen molar-refractivity contribution >= 4 is 53.6 Å². The SMILES string of the molecule is Nc1noc(-c2cc(Br)ccc2Br)c1Br. The highest BCUT2D eigenvalue weighted by molar-refractivity contribution is 9.11. The zero-order valence-corrected chi connectivity index (χ0v) is 12.1. The molecule has 2 rings (SSSR count). The zero-order valence-electron chi connectivity index (χ0n) is 7.30. The third kappa shape index (κ3) is 2.11. The number of nitrogen functional groups attached to an aromatic ring is 1. The van der Waals surface area contributed by atoms with E-state index in [0.717, 1.165) is 14.5 Å². The first-order valence-corrected chi connectivity index (χ1v) is 6.33. The van der Waals surface area contributed by atoms with E-state index in [0.29, 0.717) is 16.1 Å². The van der Waals surface area contributed by atoms with Gasteiger partial charge in [-0.25, -0.2) is 0 Å². The molecule has 1 aromatic carbocycles. The molecule has 6 heteroatoms. The molecule has 0 amide bonds. The first-order valence-electron chi connectivity index (χ1n) is 3.95. The van der Waals surface area contributed by atoms with Gasteiger partial charge in [0.2, 0.25) is 0 Å². The van der Waals surface area contributed by atoms with Crippen molar-refractivity contribution in [2.24, 2.45) is 0 Å². The molecular formula is C9H5Br3N2O. The molecule has 0 saturated carbocycles. The van der Waals surface area contributed by atoms with Crippen LogP contribution < -0.4 is 5.73 Å². The first-order chi connectivity index (χ1) is 7.09. The highest BCUT2D eigenvalue weighted by Gasteiger charge is 2.15. The molecule has 1 aromatic heterocycles. The Kier molecular flexibility index (Phi) is 3.18. The van der Waals surface area contributed by atoms with Crippen molar-refractivity contribution < 1.29 is 4.52 Å². The van der Waals surface area contributed by atoms with E-state index in [4.69, 9.17) is 10.3 Å². The largest absolute Gasteiger partial charge is 0.380 e. The number of hydrogen-bond donors (Lipinski definition) is 1. The summed E-state index contributed by atoms with van der Waals surface area (Å²) in [6, 6.07) is 5.78. The second-order valence-electron chi connectivity index (χ2n) is 2.84. The molecule has 15 heavy (non-hydrogen) atoms. The predicted octanol–water partition coefficient (Wildman–Crippen LogP) is 4.21. The lowest BCUT2D eigenvalue weighted by molar-refractivity contribution is 0.435. The van der Waals surface area contributed by atoms with Gasteiger partial charge in [-0.15, -0.1) is 0 Å². The van der Waals surface area contributed by atoms with Crippen molar-refractivity contribution in [3.05, 3.63) is 31.6 Å². The lowest BCUT2D eigenvalue weighted by atomic mass is 10.2. The molecule has 0 fully saturated rings. The molecule has 0 atom stereocenters. The summed E-state index contributed by atoms with van der Waals surface area (Å²) in [5.74, 6) is 0.956. The molecule has 2 N–H and O–H groups in total. The van der Waals surface area contributed by atoms with Crippen LogP contribution in [0.3, 0.4) is 0 Å².